The highest BCUT2D eigenvalue weighted by Gasteiger charge is 2.11. The van der Waals surface area contributed by atoms with Crippen LogP contribution in [0.1, 0.15) is 22.8 Å². The third-order valence-electron chi connectivity index (χ3n) is 2.78. The first-order valence-corrected chi connectivity index (χ1v) is 7.75. The largest absolute Gasteiger partial charge is 0.478 e. The molecule has 114 valence electrons. The summed E-state index contributed by atoms with van der Waals surface area (Å²) in [6, 6.07) is 11.7. The number of aromatic carboxylic acids is 1. The lowest BCUT2D eigenvalue weighted by Crippen LogP contribution is -2.01. The average Bonchev–Trinajstić information content (AvgIpc) is 2.45. The predicted molar refractivity (Wildman–Crippen MR) is 85.7 cm³/mol. The van der Waals surface area contributed by atoms with Crippen LogP contribution in [0.5, 0.6) is 5.75 Å². The van der Waals surface area contributed by atoms with E-state index >= 15 is 0 Å². The molecule has 0 fully saturated rings. The third-order valence-corrected chi connectivity index (χ3v) is 4.07. The van der Waals surface area contributed by atoms with Gasteiger partial charge in [0.25, 0.3) is 0 Å². The molecule has 0 saturated carbocycles. The summed E-state index contributed by atoms with van der Waals surface area (Å²) in [6.07, 6.45) is 0. The zero-order valence-corrected chi connectivity index (χ0v) is 13.3. The van der Waals surface area contributed by atoms with E-state index in [1.807, 2.05) is 12.1 Å². The van der Waals surface area contributed by atoms with Crippen molar-refractivity contribution in [1.29, 1.82) is 0 Å². The molecule has 0 heterocycles. The molecule has 0 aliphatic rings. The number of rotatable bonds is 5. The van der Waals surface area contributed by atoms with E-state index < -0.39 is 5.97 Å². The molecule has 0 spiro atoms. The maximum absolute atomic E-state index is 11.2. The molecule has 0 unspecified atom stereocenters. The number of benzene rings is 2. The second kappa shape index (κ2) is 7.33. The molecule has 22 heavy (non-hydrogen) atoms. The van der Waals surface area contributed by atoms with Crippen LogP contribution >= 0.6 is 23.4 Å². The zero-order chi connectivity index (χ0) is 16.1. The van der Waals surface area contributed by atoms with Crippen molar-refractivity contribution in [2.24, 2.45) is 0 Å². The number of thioether (sulfide) groups is 1. The maximum Gasteiger partial charge on any atom is 0.335 e. The second-order valence-corrected chi connectivity index (χ2v) is 5.95. The summed E-state index contributed by atoms with van der Waals surface area (Å²) in [5, 5.41) is 9.68. The van der Waals surface area contributed by atoms with Crippen LogP contribution in [0.2, 0.25) is 5.02 Å². The molecule has 1 N–H and O–H groups in total. The Morgan fingerprint density at radius 1 is 1.18 bits per heavy atom. The van der Waals surface area contributed by atoms with Crippen molar-refractivity contribution in [2.75, 3.05) is 0 Å². The summed E-state index contributed by atoms with van der Waals surface area (Å²) >= 11 is 7.40. The van der Waals surface area contributed by atoms with Crippen LogP contribution in [-0.4, -0.2) is 17.0 Å². The van der Waals surface area contributed by atoms with E-state index in [9.17, 15) is 14.7 Å². The fourth-order valence-corrected chi connectivity index (χ4v) is 2.91. The lowest BCUT2D eigenvalue weighted by molar-refractivity contribution is -0.131. The van der Waals surface area contributed by atoms with Crippen molar-refractivity contribution in [1.82, 2.24) is 0 Å². The Labute approximate surface area is 137 Å². The molecule has 0 atom stereocenters. The number of carboxylic acids is 1. The average molecular weight is 337 g/mol. The Hall–Kier alpha value is -1.98. The number of carboxylic acid groups (broad SMARTS) is 1. The van der Waals surface area contributed by atoms with Crippen molar-refractivity contribution >= 4 is 35.3 Å². The molecule has 0 amide bonds. The Morgan fingerprint density at radius 3 is 2.45 bits per heavy atom. The molecule has 0 aliphatic heterocycles. The molecular formula is C16H13ClO4S. The zero-order valence-electron chi connectivity index (χ0n) is 11.7. The van der Waals surface area contributed by atoms with Crippen molar-refractivity contribution < 1.29 is 19.4 Å². The molecule has 4 nitrogen and oxygen atoms in total. The minimum Gasteiger partial charge on any atom is -0.478 e. The van der Waals surface area contributed by atoms with Crippen LogP contribution in [0.3, 0.4) is 0 Å². The van der Waals surface area contributed by atoms with Crippen LogP contribution < -0.4 is 4.74 Å². The van der Waals surface area contributed by atoms with Crippen molar-refractivity contribution in [3.63, 3.8) is 0 Å². The smallest absolute Gasteiger partial charge is 0.335 e. The van der Waals surface area contributed by atoms with Crippen LogP contribution in [0.4, 0.5) is 0 Å². The number of halogens is 1. The van der Waals surface area contributed by atoms with Crippen LogP contribution in [0.15, 0.2) is 47.4 Å². The van der Waals surface area contributed by atoms with E-state index in [1.165, 1.54) is 24.8 Å². The number of esters is 1. The molecule has 0 bridgehead atoms. The summed E-state index contributed by atoms with van der Waals surface area (Å²) in [5.74, 6) is -0.386. The van der Waals surface area contributed by atoms with Crippen molar-refractivity contribution in [3.05, 3.63) is 58.6 Å². The quantitative estimate of drug-likeness (QED) is 0.502. The molecular weight excluding hydrogens is 324 g/mol. The van der Waals surface area contributed by atoms with E-state index in [2.05, 4.69) is 0 Å². The molecule has 6 heteroatoms. The van der Waals surface area contributed by atoms with Gasteiger partial charge in [0.2, 0.25) is 0 Å². The molecule has 0 saturated heterocycles. The van der Waals surface area contributed by atoms with Gasteiger partial charge in [0, 0.05) is 22.6 Å². The minimum absolute atomic E-state index is 0.244. The topological polar surface area (TPSA) is 63.6 Å². The number of hydrogen-bond donors (Lipinski definition) is 1. The van der Waals surface area contributed by atoms with Gasteiger partial charge in [0.05, 0.1) is 5.56 Å². The van der Waals surface area contributed by atoms with Gasteiger partial charge in [-0.3, -0.25) is 4.79 Å². The van der Waals surface area contributed by atoms with Gasteiger partial charge in [-0.15, -0.1) is 11.8 Å². The number of ether oxygens (including phenoxy) is 1. The van der Waals surface area contributed by atoms with Gasteiger partial charge in [0.15, 0.2) is 0 Å². The van der Waals surface area contributed by atoms with Crippen molar-refractivity contribution in [3.8, 4) is 5.75 Å². The lowest BCUT2D eigenvalue weighted by atomic mass is 10.1. The van der Waals surface area contributed by atoms with Crippen LogP contribution in [0.25, 0.3) is 0 Å². The normalized spacial score (nSPS) is 10.3. The second-order valence-electron chi connectivity index (χ2n) is 4.46. The van der Waals surface area contributed by atoms with Gasteiger partial charge >= 0.3 is 11.9 Å². The van der Waals surface area contributed by atoms with Gasteiger partial charge in [-0.2, -0.15) is 0 Å². The fraction of sp³-hybridized carbons (Fsp3) is 0.125. The van der Waals surface area contributed by atoms with E-state index in [4.69, 9.17) is 16.3 Å². The molecule has 2 aromatic carbocycles. The third kappa shape index (κ3) is 4.51. The highest BCUT2D eigenvalue weighted by molar-refractivity contribution is 7.98. The fourth-order valence-electron chi connectivity index (χ4n) is 1.82. The summed E-state index contributed by atoms with van der Waals surface area (Å²) in [5.41, 5.74) is 0.905. The minimum atomic E-state index is -0.975. The molecule has 0 aromatic heterocycles. The summed E-state index contributed by atoms with van der Waals surface area (Å²) < 4.78 is 4.95. The molecule has 0 aliphatic carbocycles. The van der Waals surface area contributed by atoms with Crippen LogP contribution in [0, 0.1) is 0 Å². The summed E-state index contributed by atoms with van der Waals surface area (Å²) in [4.78, 5) is 23.0. The monoisotopic (exact) mass is 336 g/mol. The Kier molecular flexibility index (Phi) is 5.46. The number of hydrogen-bond acceptors (Lipinski definition) is 4. The van der Waals surface area contributed by atoms with E-state index in [-0.39, 0.29) is 11.5 Å². The molecule has 0 radical (unpaired) electrons. The van der Waals surface area contributed by atoms with E-state index in [0.717, 1.165) is 4.90 Å². The van der Waals surface area contributed by atoms with Crippen LogP contribution in [-0.2, 0) is 10.5 Å². The summed E-state index contributed by atoms with van der Waals surface area (Å²) in [6.45, 7) is 1.34. The standard InChI is InChI=1S/C16H13ClO4S/c1-10(18)21-13-3-5-14(6-4-13)22-9-11-8-12(17)2-7-15(11)16(19)20/h2-8H,9H2,1H3,(H,19,20). The van der Waals surface area contributed by atoms with Gasteiger partial charge in [-0.05, 0) is 48.0 Å². The first kappa shape index (κ1) is 16.4. The predicted octanol–water partition coefficient (Wildman–Crippen LogP) is 4.26. The van der Waals surface area contributed by atoms with Gasteiger partial charge in [0.1, 0.15) is 5.75 Å². The van der Waals surface area contributed by atoms with Gasteiger partial charge in [-0.25, -0.2) is 4.79 Å². The highest BCUT2D eigenvalue weighted by atomic mass is 35.5. The number of carbonyl (C=O) groups excluding carboxylic acids is 1. The van der Waals surface area contributed by atoms with Crippen molar-refractivity contribution in [2.45, 2.75) is 17.6 Å². The van der Waals surface area contributed by atoms with E-state index in [1.54, 1.807) is 24.3 Å². The van der Waals surface area contributed by atoms with Gasteiger partial charge < -0.3 is 9.84 Å². The first-order chi connectivity index (χ1) is 10.5. The highest BCUT2D eigenvalue weighted by Crippen LogP contribution is 2.27. The molecule has 2 rings (SSSR count). The SMILES string of the molecule is CC(=O)Oc1ccc(SCc2cc(Cl)ccc2C(=O)O)cc1. The Bertz CT molecular complexity index is 698. The Balaban J connectivity index is 2.08. The maximum atomic E-state index is 11.2. The summed E-state index contributed by atoms with van der Waals surface area (Å²) in [7, 11) is 0. The number of carbonyl (C=O) groups is 2. The molecule has 2 aromatic rings. The van der Waals surface area contributed by atoms with E-state index in [0.29, 0.717) is 22.1 Å². The first-order valence-electron chi connectivity index (χ1n) is 6.38. The lowest BCUT2D eigenvalue weighted by Gasteiger charge is -2.07. The van der Waals surface area contributed by atoms with Gasteiger partial charge in [-0.1, -0.05) is 11.6 Å². The Morgan fingerprint density at radius 2 is 1.86 bits per heavy atom.